The number of imidazole rings is 1. The topological polar surface area (TPSA) is 147 Å². The monoisotopic (exact) mass is 610 g/mol. The first-order valence-corrected chi connectivity index (χ1v) is 14.9. The Morgan fingerprint density at radius 2 is 1.78 bits per heavy atom. The molecule has 0 saturated heterocycles. The predicted molar refractivity (Wildman–Crippen MR) is 154 cm³/mol. The van der Waals surface area contributed by atoms with Gasteiger partial charge < -0.3 is 19.3 Å². The summed E-state index contributed by atoms with van der Waals surface area (Å²) in [6.07, 6.45) is 1.45. The maximum Gasteiger partial charge on any atom is 0.303 e. The number of aryl methyl sites for hydroxylation is 2. The fourth-order valence-corrected chi connectivity index (χ4v) is 7.47. The first-order valence-electron chi connectivity index (χ1n) is 12.1. The number of hydrogen-bond acceptors (Lipinski definition) is 9. The third kappa shape index (κ3) is 6.59. The first-order chi connectivity index (χ1) is 19.0. The standard InChI is InChI=1S/C27H29N3O8S2.Na/c1-16-14-28-22(17(2)26(16)38-5)15-39(33)27-29-21-9-7-19(36-3)13-23(21)30(27)40(34,35)20-8-10-24(37-4)18(12-20)6-11-25(31)32;/h7-10,12-14H,6,11,15H2,1-5H3,(H,31,32);. The molecule has 0 saturated carbocycles. The van der Waals surface area contributed by atoms with Crippen LogP contribution in [0.5, 0.6) is 17.2 Å². The number of fused-ring (bicyclic) bond motifs is 1. The second-order valence-electron chi connectivity index (χ2n) is 8.92. The normalized spacial score (nSPS) is 12.0. The van der Waals surface area contributed by atoms with E-state index in [1.807, 2.05) is 6.92 Å². The molecule has 213 valence electrons. The minimum atomic E-state index is -4.37. The van der Waals surface area contributed by atoms with E-state index in [9.17, 15) is 17.4 Å². The molecule has 4 aromatic rings. The van der Waals surface area contributed by atoms with Gasteiger partial charge in [0.1, 0.15) is 17.2 Å². The summed E-state index contributed by atoms with van der Waals surface area (Å²) in [5.41, 5.74) is 2.88. The molecular formula is C27H29N3NaO8S2. The summed E-state index contributed by atoms with van der Waals surface area (Å²) in [6, 6.07) is 8.92. The molecule has 2 aromatic carbocycles. The molecule has 2 heterocycles. The third-order valence-corrected chi connectivity index (χ3v) is 9.44. The zero-order valence-electron chi connectivity index (χ0n) is 23.6. The molecule has 11 nitrogen and oxygen atoms in total. The average molecular weight is 611 g/mol. The number of aromatic nitrogens is 3. The van der Waals surface area contributed by atoms with Gasteiger partial charge in [-0.1, -0.05) is 0 Å². The van der Waals surface area contributed by atoms with Crippen LogP contribution in [0.2, 0.25) is 0 Å². The Balaban J connectivity index is 0.00000462. The van der Waals surface area contributed by atoms with E-state index in [0.29, 0.717) is 39.6 Å². The minimum absolute atomic E-state index is 0. The van der Waals surface area contributed by atoms with Crippen molar-refractivity contribution in [3.8, 4) is 17.2 Å². The number of carboxylic acids is 1. The van der Waals surface area contributed by atoms with Gasteiger partial charge in [0.15, 0.2) is 0 Å². The molecule has 4 rings (SSSR count). The summed E-state index contributed by atoms with van der Waals surface area (Å²) in [6.45, 7) is 3.64. The summed E-state index contributed by atoms with van der Waals surface area (Å²) in [4.78, 5) is 19.9. The molecule has 41 heavy (non-hydrogen) atoms. The molecular weight excluding hydrogens is 581 g/mol. The molecule has 0 aliphatic rings. The molecule has 0 aliphatic carbocycles. The number of nitrogens with zero attached hydrogens (tertiary/aromatic N) is 3. The second kappa shape index (κ2) is 13.3. The maximum absolute atomic E-state index is 14.1. The summed E-state index contributed by atoms with van der Waals surface area (Å²) in [5.74, 6) is 0.220. The molecule has 0 bridgehead atoms. The van der Waals surface area contributed by atoms with Crippen LogP contribution in [-0.4, -0.2) is 88.5 Å². The maximum atomic E-state index is 14.1. The number of ether oxygens (including phenoxy) is 3. The summed E-state index contributed by atoms with van der Waals surface area (Å²) in [5, 5.41) is 8.95. The Morgan fingerprint density at radius 1 is 1.05 bits per heavy atom. The zero-order chi connectivity index (χ0) is 29.2. The van der Waals surface area contributed by atoms with Gasteiger partial charge in [-0.3, -0.25) is 14.0 Å². The SMILES string of the molecule is COc1ccc2nc(S(=O)Cc3ncc(C)c(OC)c3C)n(S(=O)(=O)c3ccc(OC)c(CCC(=O)O)c3)c2c1.[Na]. The quantitative estimate of drug-likeness (QED) is 0.251. The smallest absolute Gasteiger partial charge is 0.303 e. The van der Waals surface area contributed by atoms with Crippen molar-refractivity contribution < 1.29 is 36.7 Å². The van der Waals surface area contributed by atoms with Crippen LogP contribution in [0.25, 0.3) is 11.0 Å². The van der Waals surface area contributed by atoms with Crippen molar-refractivity contribution in [1.82, 2.24) is 13.9 Å². The average Bonchev–Trinajstić information content (AvgIpc) is 3.33. The van der Waals surface area contributed by atoms with Crippen LogP contribution in [0.15, 0.2) is 52.6 Å². The van der Waals surface area contributed by atoms with Crippen molar-refractivity contribution in [2.45, 2.75) is 42.5 Å². The summed E-state index contributed by atoms with van der Waals surface area (Å²) in [7, 11) is -1.91. The Labute approximate surface area is 262 Å². The van der Waals surface area contributed by atoms with Gasteiger partial charge >= 0.3 is 5.97 Å². The largest absolute Gasteiger partial charge is 0.497 e. The van der Waals surface area contributed by atoms with Crippen molar-refractivity contribution >= 4 is 67.4 Å². The Morgan fingerprint density at radius 3 is 2.41 bits per heavy atom. The molecule has 0 spiro atoms. The predicted octanol–water partition coefficient (Wildman–Crippen LogP) is 3.26. The van der Waals surface area contributed by atoms with E-state index in [0.717, 1.165) is 9.54 Å². The molecule has 2 aromatic heterocycles. The van der Waals surface area contributed by atoms with Crippen LogP contribution in [-0.2, 0) is 37.8 Å². The van der Waals surface area contributed by atoms with E-state index >= 15 is 0 Å². The Kier molecular flexibility index (Phi) is 10.6. The molecule has 0 fully saturated rings. The van der Waals surface area contributed by atoms with Crippen molar-refractivity contribution in [3.63, 3.8) is 0 Å². The number of carbonyl (C=O) groups is 1. The number of aliphatic carboxylic acids is 1. The fraction of sp³-hybridized carbons (Fsp3) is 0.296. The van der Waals surface area contributed by atoms with E-state index in [-0.39, 0.29) is 63.7 Å². The van der Waals surface area contributed by atoms with Gasteiger partial charge in [-0.15, -0.1) is 0 Å². The van der Waals surface area contributed by atoms with Crippen LogP contribution in [0.4, 0.5) is 0 Å². The number of pyridine rings is 1. The van der Waals surface area contributed by atoms with Gasteiger partial charge in [-0.2, -0.15) is 0 Å². The molecule has 0 aliphatic heterocycles. The van der Waals surface area contributed by atoms with Gasteiger partial charge in [-0.25, -0.2) is 17.4 Å². The van der Waals surface area contributed by atoms with Crippen molar-refractivity contribution in [1.29, 1.82) is 0 Å². The molecule has 1 atom stereocenters. The van der Waals surface area contributed by atoms with E-state index in [1.165, 1.54) is 45.6 Å². The molecule has 1 unspecified atom stereocenters. The van der Waals surface area contributed by atoms with Crippen molar-refractivity contribution in [3.05, 3.63) is 65.0 Å². The van der Waals surface area contributed by atoms with E-state index in [1.54, 1.807) is 25.3 Å². The van der Waals surface area contributed by atoms with Gasteiger partial charge in [0, 0.05) is 59.4 Å². The second-order valence-corrected chi connectivity index (χ2v) is 12.1. The van der Waals surface area contributed by atoms with Crippen LogP contribution in [0, 0.1) is 13.8 Å². The molecule has 1 N–H and O–H groups in total. The Bertz CT molecular complexity index is 1740. The van der Waals surface area contributed by atoms with Crippen LogP contribution in [0.3, 0.4) is 0 Å². The number of methoxy groups -OCH3 is 3. The van der Waals surface area contributed by atoms with Gasteiger partial charge in [0.05, 0.1) is 59.5 Å². The molecule has 14 heteroatoms. The van der Waals surface area contributed by atoms with Crippen molar-refractivity contribution in [2.75, 3.05) is 21.3 Å². The zero-order valence-corrected chi connectivity index (χ0v) is 27.3. The third-order valence-electron chi connectivity index (χ3n) is 6.41. The van der Waals surface area contributed by atoms with Gasteiger partial charge in [0.25, 0.3) is 10.0 Å². The van der Waals surface area contributed by atoms with Crippen molar-refractivity contribution in [2.24, 2.45) is 0 Å². The Hall–Kier alpha value is -2.97. The minimum Gasteiger partial charge on any atom is -0.497 e. The number of rotatable bonds is 11. The molecule has 1 radical (unpaired) electrons. The van der Waals surface area contributed by atoms with E-state index in [2.05, 4.69) is 9.97 Å². The summed E-state index contributed by atoms with van der Waals surface area (Å²) >= 11 is 0. The number of benzene rings is 2. The first kappa shape index (κ1) is 32.5. The van der Waals surface area contributed by atoms with Crippen LogP contribution >= 0.6 is 0 Å². The molecule has 0 amide bonds. The van der Waals surface area contributed by atoms with E-state index in [4.69, 9.17) is 19.3 Å². The number of hydrogen-bond donors (Lipinski definition) is 1. The van der Waals surface area contributed by atoms with Gasteiger partial charge in [0.2, 0.25) is 5.16 Å². The van der Waals surface area contributed by atoms with Crippen LogP contribution in [0.1, 0.15) is 28.8 Å². The number of carboxylic acid groups (broad SMARTS) is 1. The van der Waals surface area contributed by atoms with E-state index < -0.39 is 26.8 Å². The van der Waals surface area contributed by atoms with Gasteiger partial charge in [-0.05, 0) is 56.2 Å². The van der Waals surface area contributed by atoms with Crippen LogP contribution < -0.4 is 14.2 Å². The fourth-order valence-electron chi connectivity index (χ4n) is 4.38. The summed E-state index contributed by atoms with van der Waals surface area (Å²) < 4.78 is 59.1.